The Labute approximate surface area is 447 Å². The van der Waals surface area contributed by atoms with Gasteiger partial charge in [-0.05, 0) is 49.9 Å². The monoisotopic (exact) mass is 1090 g/mol. The molecule has 8 atom stereocenters. The minimum Gasteiger partial charge on any atom is -0.461 e. The predicted octanol–water partition coefficient (Wildman–Crippen LogP) is 1.20. The van der Waals surface area contributed by atoms with E-state index >= 15 is 0 Å². The predicted molar refractivity (Wildman–Crippen MR) is 282 cm³/mol. The summed E-state index contributed by atoms with van der Waals surface area (Å²) < 4.78 is 11.5. The van der Waals surface area contributed by atoms with Crippen molar-refractivity contribution < 1.29 is 57.4 Å². The Morgan fingerprint density at radius 1 is 0.592 bits per heavy atom. The van der Waals surface area contributed by atoms with E-state index in [1.54, 1.807) is 82.3 Å². The van der Waals surface area contributed by atoms with E-state index in [-0.39, 0.29) is 22.8 Å². The molecule has 4 N–H and O–H groups in total. The molecule has 2 aliphatic rings. The highest BCUT2D eigenvalue weighted by atomic mass is 33.1. The van der Waals surface area contributed by atoms with Gasteiger partial charge in [-0.25, -0.2) is 14.6 Å². The molecule has 0 saturated carbocycles. The van der Waals surface area contributed by atoms with Crippen molar-refractivity contribution in [1.29, 1.82) is 0 Å². The van der Waals surface area contributed by atoms with Crippen LogP contribution in [0.1, 0.15) is 62.4 Å². The number of hydrogen-bond acceptors (Lipinski definition) is 17. The molecule has 8 unspecified atom stereocenters. The Bertz CT molecular complexity index is 2700. The number of ether oxygens (including phenoxy) is 2. The van der Waals surface area contributed by atoms with Crippen LogP contribution in [-0.2, 0) is 47.8 Å². The van der Waals surface area contributed by atoms with Crippen LogP contribution in [0.5, 0.6) is 0 Å². The first-order valence-electron chi connectivity index (χ1n) is 24.4. The number of pyridine rings is 1. The van der Waals surface area contributed by atoms with Crippen molar-refractivity contribution in [3.05, 3.63) is 78.2 Å². The third-order valence-corrected chi connectivity index (χ3v) is 15.4. The van der Waals surface area contributed by atoms with Gasteiger partial charge >= 0.3 is 11.9 Å². The summed E-state index contributed by atoms with van der Waals surface area (Å²) in [6.07, 6.45) is 2.52. The number of cyclic esters (lactones) is 2. The number of likely N-dealkylation sites (N-methyl/N-ethyl adjacent to an activating group) is 4. The van der Waals surface area contributed by atoms with E-state index in [0.717, 1.165) is 41.2 Å². The standard InChI is InChI=1S/C51H63N11O12S2/c1-26(2)40-50(71)73-22-36(57-42(63)31-19-30-15-11-12-16-32(30)52-20-31)44(65)54-28(5)46(67)59(7)38-24-75-76-25-39(48(69)61(40)9)60(8)47(68)29(6)55-45(66)37(23-74-51(72)41(27(3)4)62(10)49(38)70)58-43(64)35-21-53-33-17-13-14-18-34(33)56-35/h11-21,26-29,36-41H,22-25H2,1-10H3,(H,54,65)(H,55,66)(H,57,63)(H,58,64). The van der Waals surface area contributed by atoms with Crippen molar-refractivity contribution >= 4 is 103 Å². The topological polar surface area (TPSA) is 289 Å². The zero-order valence-electron chi connectivity index (χ0n) is 43.8. The zero-order chi connectivity index (χ0) is 55.7. The fourth-order valence-electron chi connectivity index (χ4n) is 8.69. The molecule has 6 rings (SSSR count). The number of carbonyl (C=O) groups excluding carboxylic acids is 10. The number of benzene rings is 2. The van der Waals surface area contributed by atoms with E-state index in [9.17, 15) is 47.9 Å². The van der Waals surface area contributed by atoms with Crippen LogP contribution in [0, 0.1) is 11.8 Å². The highest BCUT2D eigenvalue weighted by Gasteiger charge is 2.42. The molecule has 2 fully saturated rings. The van der Waals surface area contributed by atoms with Crippen molar-refractivity contribution in [2.24, 2.45) is 11.8 Å². The van der Waals surface area contributed by atoms with Gasteiger partial charge in [-0.3, -0.25) is 48.3 Å². The highest BCUT2D eigenvalue weighted by Crippen LogP contribution is 2.29. The average Bonchev–Trinajstić information content (AvgIpc) is 3.39. The van der Waals surface area contributed by atoms with Crippen LogP contribution in [0.15, 0.2) is 67.0 Å². The first-order chi connectivity index (χ1) is 36.0. The van der Waals surface area contributed by atoms with Gasteiger partial charge in [-0.2, -0.15) is 0 Å². The number of esters is 2. The molecule has 76 heavy (non-hydrogen) atoms. The lowest BCUT2D eigenvalue weighted by Gasteiger charge is -2.37. The molecule has 2 aromatic heterocycles. The van der Waals surface area contributed by atoms with Crippen LogP contribution >= 0.6 is 21.6 Å². The maximum absolute atomic E-state index is 14.8. The summed E-state index contributed by atoms with van der Waals surface area (Å²) in [5.74, 6) is -10.0. The van der Waals surface area contributed by atoms with Gasteiger partial charge in [-0.15, -0.1) is 0 Å². The van der Waals surface area contributed by atoms with Crippen LogP contribution < -0.4 is 21.3 Å². The third kappa shape index (κ3) is 13.5. The third-order valence-electron chi connectivity index (χ3n) is 13.0. The summed E-state index contributed by atoms with van der Waals surface area (Å²) in [4.78, 5) is 160. The molecule has 2 aromatic carbocycles. The summed E-state index contributed by atoms with van der Waals surface area (Å²) in [6, 6.07) is 4.04. The van der Waals surface area contributed by atoms with Gasteiger partial charge in [0, 0.05) is 51.3 Å². The maximum Gasteiger partial charge on any atom is 0.329 e. The lowest BCUT2D eigenvalue weighted by molar-refractivity contribution is -0.160. The van der Waals surface area contributed by atoms with Crippen LogP contribution in [0.2, 0.25) is 0 Å². The molecule has 2 saturated heterocycles. The zero-order valence-corrected chi connectivity index (χ0v) is 45.4. The van der Waals surface area contributed by atoms with Crippen LogP contribution in [0.3, 0.4) is 0 Å². The second kappa shape index (κ2) is 25.4. The van der Waals surface area contributed by atoms with Crippen LogP contribution in [0.25, 0.3) is 21.9 Å². The van der Waals surface area contributed by atoms with E-state index in [1.807, 2.05) is 0 Å². The summed E-state index contributed by atoms with van der Waals surface area (Å²) in [6.45, 7) is 7.78. The van der Waals surface area contributed by atoms with Crippen molar-refractivity contribution in [3.8, 4) is 0 Å². The highest BCUT2D eigenvalue weighted by molar-refractivity contribution is 8.76. The van der Waals surface area contributed by atoms with Crippen molar-refractivity contribution in [2.75, 3.05) is 52.9 Å². The summed E-state index contributed by atoms with van der Waals surface area (Å²) in [7, 11) is 7.52. The largest absolute Gasteiger partial charge is 0.461 e. The maximum atomic E-state index is 14.8. The molecule has 0 spiro atoms. The number of hydrogen-bond donors (Lipinski definition) is 4. The number of carbonyl (C=O) groups is 10. The molecular formula is C51H63N11O12S2. The molecule has 406 valence electrons. The molecule has 8 amide bonds. The second-order valence-corrected chi connectivity index (χ2v) is 21.8. The Hall–Kier alpha value is -7.41. The van der Waals surface area contributed by atoms with Crippen LogP contribution in [-0.4, -0.2) is 195 Å². The summed E-state index contributed by atoms with van der Waals surface area (Å²) in [5, 5.41) is 10.9. The van der Waals surface area contributed by atoms with Gasteiger partial charge in [0.1, 0.15) is 67.2 Å². The number of amides is 8. The summed E-state index contributed by atoms with van der Waals surface area (Å²) in [5.41, 5.74) is 1.37. The minimum absolute atomic E-state index is 0.0689. The number of fused-ring (bicyclic) bond motifs is 7. The molecule has 0 aliphatic carbocycles. The number of nitrogens with one attached hydrogen (secondary N) is 4. The fraction of sp³-hybridized carbons (Fsp3) is 0.471. The number of nitrogens with zero attached hydrogens (tertiary/aromatic N) is 7. The number of para-hydroxylation sites is 3. The Balaban J connectivity index is 1.39. The summed E-state index contributed by atoms with van der Waals surface area (Å²) >= 11 is 0. The number of rotatable bonds is 6. The molecule has 4 aromatic rings. The van der Waals surface area contributed by atoms with Crippen LogP contribution in [0.4, 0.5) is 0 Å². The van der Waals surface area contributed by atoms with Gasteiger partial charge in [0.25, 0.3) is 11.8 Å². The normalized spacial score (nSPS) is 24.7. The minimum atomic E-state index is -1.65. The average molecular weight is 1090 g/mol. The first-order valence-corrected chi connectivity index (χ1v) is 26.9. The SMILES string of the molecule is CC1NC(=O)C(NC(=O)c2cnc3ccccc3c2)COC(=O)C(C(C)C)N(C)C(=O)C2CSSCC(C(=O)N(C)C(C(C)C)C(=O)OCC(NC(=O)c3cnc4ccccc4n3)C(=O)NC(C)C(=O)N2C)N(C)C1=O. The Morgan fingerprint density at radius 2 is 1.03 bits per heavy atom. The molecule has 0 radical (unpaired) electrons. The first kappa shape index (κ1) is 57.9. The Kier molecular flexibility index (Phi) is 19.4. The Morgan fingerprint density at radius 3 is 1.51 bits per heavy atom. The van der Waals surface area contributed by atoms with Gasteiger partial charge in [-0.1, -0.05) is 79.6 Å². The number of aromatic nitrogens is 3. The molecule has 2 bridgehead atoms. The molecule has 25 heteroatoms. The lowest BCUT2D eigenvalue weighted by atomic mass is 10.0. The van der Waals surface area contributed by atoms with Gasteiger partial charge in [0.2, 0.25) is 35.4 Å². The fourth-order valence-corrected chi connectivity index (χ4v) is 11.2. The van der Waals surface area contributed by atoms with Crippen molar-refractivity contribution in [2.45, 2.75) is 89.9 Å². The van der Waals surface area contributed by atoms with E-state index in [1.165, 1.54) is 54.4 Å². The van der Waals surface area contributed by atoms with Gasteiger partial charge < -0.3 is 50.3 Å². The van der Waals surface area contributed by atoms with Gasteiger partial charge in [0.15, 0.2) is 0 Å². The quantitative estimate of drug-likeness (QED) is 0.156. The molecule has 2 aliphatic heterocycles. The van der Waals surface area contributed by atoms with Crippen molar-refractivity contribution in [1.82, 2.24) is 55.8 Å². The van der Waals surface area contributed by atoms with E-state index in [2.05, 4.69) is 36.2 Å². The molecular weight excluding hydrogens is 1020 g/mol. The lowest BCUT2D eigenvalue weighted by Crippen LogP contribution is -2.60. The van der Waals surface area contributed by atoms with Crippen molar-refractivity contribution in [3.63, 3.8) is 0 Å². The van der Waals surface area contributed by atoms with E-state index in [0.29, 0.717) is 21.9 Å². The molecule has 23 nitrogen and oxygen atoms in total. The van der Waals surface area contributed by atoms with E-state index in [4.69, 9.17) is 9.47 Å². The van der Waals surface area contributed by atoms with Gasteiger partial charge in [0.05, 0.1) is 28.3 Å². The van der Waals surface area contributed by atoms with E-state index < -0.39 is 133 Å². The second-order valence-electron chi connectivity index (χ2n) is 19.2. The smallest absolute Gasteiger partial charge is 0.329 e. The molecule has 4 heterocycles.